The lowest BCUT2D eigenvalue weighted by molar-refractivity contribution is -0.138. The Balaban J connectivity index is 0. The van der Waals surface area contributed by atoms with Gasteiger partial charge in [-0.05, 0) is 12.8 Å². The highest BCUT2D eigenvalue weighted by Gasteiger charge is 1.99. The largest absolute Gasteiger partial charge is 0.481 e. The quantitative estimate of drug-likeness (QED) is 0.646. The van der Waals surface area contributed by atoms with Gasteiger partial charge in [0.15, 0.2) is 0 Å². The maximum atomic E-state index is 9.79. The number of carboxylic acid groups (broad SMARTS) is 2. The minimum absolute atomic E-state index is 0.0632. The zero-order valence-electron chi connectivity index (χ0n) is 7.82. The molecule has 0 atom stereocenters. The summed E-state index contributed by atoms with van der Waals surface area (Å²) in [7, 11) is 0. The second-order valence-electron chi connectivity index (χ2n) is 2.34. The molecule has 4 heteroatoms. The number of carboxylic acids is 2. The van der Waals surface area contributed by atoms with E-state index < -0.39 is 11.9 Å². The Morgan fingerprint density at radius 2 is 1.54 bits per heavy atom. The highest BCUT2D eigenvalue weighted by atomic mass is 16.4. The van der Waals surface area contributed by atoms with E-state index in [1.54, 1.807) is 0 Å². The molecule has 2 N–H and O–H groups in total. The fraction of sp³-hybridized carbons (Fsp3) is 0.556. The van der Waals surface area contributed by atoms with Crippen molar-refractivity contribution in [2.45, 2.75) is 32.6 Å². The SMILES string of the molecule is C=CCC.O=C(O)CCCC(=O)O. The van der Waals surface area contributed by atoms with Crippen LogP contribution < -0.4 is 0 Å². The van der Waals surface area contributed by atoms with Gasteiger partial charge in [-0.1, -0.05) is 13.0 Å². The zero-order valence-corrected chi connectivity index (χ0v) is 7.82. The molecule has 0 heterocycles. The van der Waals surface area contributed by atoms with Gasteiger partial charge in [0.05, 0.1) is 0 Å². The van der Waals surface area contributed by atoms with Gasteiger partial charge in [-0.3, -0.25) is 9.59 Å². The Bertz CT molecular complexity index is 149. The Hall–Kier alpha value is -1.32. The van der Waals surface area contributed by atoms with Gasteiger partial charge in [0.2, 0.25) is 0 Å². The average molecular weight is 188 g/mol. The second-order valence-corrected chi connectivity index (χ2v) is 2.34. The summed E-state index contributed by atoms with van der Waals surface area (Å²) in [5, 5.41) is 16.1. The summed E-state index contributed by atoms with van der Waals surface area (Å²) in [5.41, 5.74) is 0. The van der Waals surface area contributed by atoms with Crippen molar-refractivity contribution in [3.8, 4) is 0 Å². The smallest absolute Gasteiger partial charge is 0.303 e. The van der Waals surface area contributed by atoms with Crippen molar-refractivity contribution in [1.29, 1.82) is 0 Å². The average Bonchev–Trinajstić information content (AvgIpc) is 2.03. The summed E-state index contributed by atoms with van der Waals surface area (Å²) in [4.78, 5) is 19.6. The zero-order chi connectivity index (χ0) is 10.7. The number of carbonyl (C=O) groups is 2. The molecule has 0 amide bonds. The lowest BCUT2D eigenvalue weighted by Gasteiger charge is -1.89. The molecule has 0 aromatic heterocycles. The van der Waals surface area contributed by atoms with Crippen LogP contribution in [-0.4, -0.2) is 22.2 Å². The van der Waals surface area contributed by atoms with Gasteiger partial charge in [-0.15, -0.1) is 6.58 Å². The number of allylic oxidation sites excluding steroid dienone is 1. The van der Waals surface area contributed by atoms with Crippen molar-refractivity contribution in [1.82, 2.24) is 0 Å². The van der Waals surface area contributed by atoms with Gasteiger partial charge in [-0.25, -0.2) is 0 Å². The molecule has 0 unspecified atom stereocenters. The van der Waals surface area contributed by atoms with E-state index in [4.69, 9.17) is 10.2 Å². The molecule has 4 nitrogen and oxygen atoms in total. The summed E-state index contributed by atoms with van der Waals surface area (Å²) in [6.07, 6.45) is 3.04. The molecule has 0 spiro atoms. The predicted octanol–water partition coefficient (Wildman–Crippen LogP) is 1.91. The Labute approximate surface area is 77.9 Å². The summed E-state index contributed by atoms with van der Waals surface area (Å²) in [6, 6.07) is 0. The van der Waals surface area contributed by atoms with Crippen LogP contribution in [0.3, 0.4) is 0 Å². The van der Waals surface area contributed by atoms with Crippen molar-refractivity contribution in [2.75, 3.05) is 0 Å². The van der Waals surface area contributed by atoms with E-state index in [2.05, 4.69) is 13.5 Å². The van der Waals surface area contributed by atoms with Crippen LogP contribution in [0.5, 0.6) is 0 Å². The topological polar surface area (TPSA) is 74.6 Å². The Kier molecular flexibility index (Phi) is 11.7. The Morgan fingerprint density at radius 1 is 1.23 bits per heavy atom. The van der Waals surface area contributed by atoms with Gasteiger partial charge < -0.3 is 10.2 Å². The highest BCUT2D eigenvalue weighted by Crippen LogP contribution is 1.93. The van der Waals surface area contributed by atoms with E-state index in [9.17, 15) is 9.59 Å². The molecule has 0 saturated heterocycles. The standard InChI is InChI=1S/C5H8O4.C4H8/c6-4(7)2-1-3-5(8)9;1-3-4-2/h1-3H2,(H,6,7)(H,8,9);3H,1,4H2,2H3. The van der Waals surface area contributed by atoms with E-state index in [0.717, 1.165) is 6.42 Å². The Morgan fingerprint density at radius 3 is 1.69 bits per heavy atom. The number of rotatable bonds is 5. The third-order valence-corrected chi connectivity index (χ3v) is 1.07. The van der Waals surface area contributed by atoms with Crippen LogP contribution >= 0.6 is 0 Å². The summed E-state index contributed by atoms with van der Waals surface area (Å²) >= 11 is 0. The molecule has 0 bridgehead atoms. The molecule has 0 aromatic rings. The fourth-order valence-corrected chi connectivity index (χ4v) is 0.391. The molecule has 0 rings (SSSR count). The second kappa shape index (κ2) is 10.7. The predicted molar refractivity (Wildman–Crippen MR) is 49.6 cm³/mol. The normalized spacial score (nSPS) is 8.08. The minimum Gasteiger partial charge on any atom is -0.481 e. The van der Waals surface area contributed by atoms with Gasteiger partial charge in [0, 0.05) is 12.8 Å². The number of hydrogen-bond acceptors (Lipinski definition) is 2. The lowest BCUT2D eigenvalue weighted by Crippen LogP contribution is -1.98. The summed E-state index contributed by atoms with van der Waals surface area (Å²) in [6.45, 7) is 5.54. The first kappa shape index (κ1) is 14.2. The number of aliphatic carboxylic acids is 2. The molecule has 0 saturated carbocycles. The maximum Gasteiger partial charge on any atom is 0.303 e. The minimum atomic E-state index is -0.948. The van der Waals surface area contributed by atoms with E-state index >= 15 is 0 Å². The van der Waals surface area contributed by atoms with Crippen LogP contribution in [-0.2, 0) is 9.59 Å². The third-order valence-electron chi connectivity index (χ3n) is 1.07. The van der Waals surface area contributed by atoms with Crippen molar-refractivity contribution < 1.29 is 19.8 Å². The van der Waals surface area contributed by atoms with Crippen LogP contribution in [0.15, 0.2) is 12.7 Å². The molecular formula is C9H16O4. The van der Waals surface area contributed by atoms with Gasteiger partial charge in [0.1, 0.15) is 0 Å². The van der Waals surface area contributed by atoms with Crippen LogP contribution in [0.4, 0.5) is 0 Å². The van der Waals surface area contributed by atoms with E-state index in [1.165, 1.54) is 0 Å². The first-order valence-electron chi connectivity index (χ1n) is 4.09. The van der Waals surface area contributed by atoms with Crippen LogP contribution in [0.25, 0.3) is 0 Å². The maximum absolute atomic E-state index is 9.79. The van der Waals surface area contributed by atoms with Crippen molar-refractivity contribution in [3.05, 3.63) is 12.7 Å². The third kappa shape index (κ3) is 24.9. The summed E-state index contributed by atoms with van der Waals surface area (Å²) in [5.74, 6) is -1.90. The molecule has 0 aliphatic rings. The molecule has 0 radical (unpaired) electrons. The van der Waals surface area contributed by atoms with Crippen molar-refractivity contribution >= 4 is 11.9 Å². The highest BCUT2D eigenvalue weighted by molar-refractivity contribution is 5.69. The van der Waals surface area contributed by atoms with Gasteiger partial charge in [-0.2, -0.15) is 0 Å². The molecule has 0 aliphatic heterocycles. The molecule has 13 heavy (non-hydrogen) atoms. The number of hydrogen-bond donors (Lipinski definition) is 2. The van der Waals surface area contributed by atoms with Crippen molar-refractivity contribution in [2.24, 2.45) is 0 Å². The van der Waals surface area contributed by atoms with E-state index in [1.807, 2.05) is 6.08 Å². The molecule has 0 aliphatic carbocycles. The molecule has 76 valence electrons. The van der Waals surface area contributed by atoms with Crippen LogP contribution in [0.2, 0.25) is 0 Å². The van der Waals surface area contributed by atoms with Gasteiger partial charge in [0.25, 0.3) is 0 Å². The monoisotopic (exact) mass is 188 g/mol. The van der Waals surface area contributed by atoms with Crippen LogP contribution in [0, 0.1) is 0 Å². The van der Waals surface area contributed by atoms with E-state index in [0.29, 0.717) is 0 Å². The summed E-state index contributed by atoms with van der Waals surface area (Å²) < 4.78 is 0. The first-order chi connectivity index (χ1) is 6.04. The van der Waals surface area contributed by atoms with Crippen LogP contribution in [0.1, 0.15) is 32.6 Å². The van der Waals surface area contributed by atoms with E-state index in [-0.39, 0.29) is 19.3 Å². The molecule has 0 fully saturated rings. The van der Waals surface area contributed by atoms with Gasteiger partial charge >= 0.3 is 11.9 Å². The van der Waals surface area contributed by atoms with Crippen molar-refractivity contribution in [3.63, 3.8) is 0 Å². The molecule has 0 aromatic carbocycles. The lowest BCUT2D eigenvalue weighted by atomic mass is 10.2. The fourth-order valence-electron chi connectivity index (χ4n) is 0.391. The molecular weight excluding hydrogens is 172 g/mol. The first-order valence-corrected chi connectivity index (χ1v) is 4.09.